The maximum absolute atomic E-state index is 12.3. The number of fused-ring (bicyclic) bond motifs is 5. The van der Waals surface area contributed by atoms with Crippen molar-refractivity contribution in [1.82, 2.24) is 0 Å². The smallest absolute Gasteiger partial charge is 0.323 e. The lowest BCUT2D eigenvalue weighted by Crippen LogP contribution is -2.55. The summed E-state index contributed by atoms with van der Waals surface area (Å²) in [6.07, 6.45) is 19.0. The molecular formula is C32H55NO2. The van der Waals surface area contributed by atoms with Crippen LogP contribution in [-0.4, -0.2) is 18.1 Å². The standard InChI is InChI=1S/C32H55NO2/c1-7-29(33)30(34)35-24-16-18-31(5)23(20-24)14-15-25-27-13-9-12-26(22(4)11-8-10-21(2)3)32(27,6)19-17-28(25)31/h14,21-22,24-29H,7-13,15-20,33H2,1-6H3/t22?,24?,25?,26?,27?,28?,29-,31?,32?/m1/s1. The van der Waals surface area contributed by atoms with E-state index in [1.54, 1.807) is 5.57 Å². The fourth-order valence-electron chi connectivity index (χ4n) is 9.37. The van der Waals surface area contributed by atoms with Crippen molar-refractivity contribution < 1.29 is 9.53 Å². The normalized spacial score (nSPS) is 40.7. The van der Waals surface area contributed by atoms with E-state index in [4.69, 9.17) is 10.5 Å². The molecule has 0 amide bonds. The second-order valence-electron chi connectivity index (χ2n) is 14.0. The summed E-state index contributed by atoms with van der Waals surface area (Å²) in [5.74, 6) is 4.94. The van der Waals surface area contributed by atoms with E-state index in [1.165, 1.54) is 57.8 Å². The van der Waals surface area contributed by atoms with Crippen LogP contribution in [-0.2, 0) is 9.53 Å². The molecule has 9 atom stereocenters. The van der Waals surface area contributed by atoms with E-state index in [0.29, 0.717) is 17.3 Å². The van der Waals surface area contributed by atoms with Gasteiger partial charge < -0.3 is 10.5 Å². The van der Waals surface area contributed by atoms with Crippen LogP contribution in [0.25, 0.3) is 0 Å². The Morgan fingerprint density at radius 1 is 1.09 bits per heavy atom. The Kier molecular flexibility index (Phi) is 8.46. The van der Waals surface area contributed by atoms with Gasteiger partial charge in [0.15, 0.2) is 0 Å². The number of carbonyl (C=O) groups excluding carboxylic acids is 1. The van der Waals surface area contributed by atoms with Gasteiger partial charge in [-0.2, -0.15) is 0 Å². The van der Waals surface area contributed by atoms with E-state index in [-0.39, 0.29) is 12.1 Å². The predicted octanol–water partition coefficient (Wildman–Crippen LogP) is 8.07. The summed E-state index contributed by atoms with van der Waals surface area (Å²) in [7, 11) is 0. The SMILES string of the molecule is CC[C@@H](N)C(=O)OC1CCC2(C)C(=CCC3C2CCC2(C)C(C(C)CCCC(C)C)CCCC32)C1. The van der Waals surface area contributed by atoms with E-state index in [9.17, 15) is 4.79 Å². The molecule has 0 spiro atoms. The van der Waals surface area contributed by atoms with Gasteiger partial charge in [0.2, 0.25) is 0 Å². The van der Waals surface area contributed by atoms with Gasteiger partial charge in [-0.05, 0) is 97.7 Å². The molecular weight excluding hydrogens is 430 g/mol. The fourth-order valence-corrected chi connectivity index (χ4v) is 9.37. The van der Waals surface area contributed by atoms with E-state index < -0.39 is 6.04 Å². The lowest BCUT2D eigenvalue weighted by molar-refractivity contribution is -0.154. The summed E-state index contributed by atoms with van der Waals surface area (Å²) < 4.78 is 5.86. The van der Waals surface area contributed by atoms with Gasteiger partial charge in [-0.15, -0.1) is 0 Å². The average Bonchev–Trinajstić information content (AvgIpc) is 2.82. The highest BCUT2D eigenvalue weighted by atomic mass is 16.5. The lowest BCUT2D eigenvalue weighted by atomic mass is 9.42. The molecule has 2 N–H and O–H groups in total. The summed E-state index contributed by atoms with van der Waals surface area (Å²) in [6, 6.07) is -0.476. The van der Waals surface area contributed by atoms with Gasteiger partial charge in [0, 0.05) is 6.42 Å². The molecule has 3 nitrogen and oxygen atoms in total. The Morgan fingerprint density at radius 3 is 2.57 bits per heavy atom. The van der Waals surface area contributed by atoms with Gasteiger partial charge in [-0.3, -0.25) is 4.79 Å². The number of ether oxygens (including phenoxy) is 1. The Bertz CT molecular complexity index is 774. The first-order valence-corrected chi connectivity index (χ1v) is 15.3. The zero-order valence-corrected chi connectivity index (χ0v) is 23.8. The number of hydrogen-bond donors (Lipinski definition) is 1. The van der Waals surface area contributed by atoms with E-state index in [0.717, 1.165) is 54.8 Å². The summed E-state index contributed by atoms with van der Waals surface area (Å²) in [4.78, 5) is 12.3. The molecule has 3 fully saturated rings. The van der Waals surface area contributed by atoms with Gasteiger partial charge in [0.05, 0.1) is 0 Å². The van der Waals surface area contributed by atoms with Crippen LogP contribution in [0.5, 0.6) is 0 Å². The number of allylic oxidation sites excluding steroid dienone is 1. The first-order chi connectivity index (χ1) is 16.6. The minimum Gasteiger partial charge on any atom is -0.461 e. The molecule has 8 unspecified atom stereocenters. The second-order valence-corrected chi connectivity index (χ2v) is 14.0. The molecule has 0 aromatic rings. The van der Waals surface area contributed by atoms with Crippen molar-refractivity contribution in [1.29, 1.82) is 0 Å². The molecule has 3 heteroatoms. The zero-order valence-electron chi connectivity index (χ0n) is 23.8. The lowest BCUT2D eigenvalue weighted by Gasteiger charge is -2.62. The minimum absolute atomic E-state index is 0.0237. The van der Waals surface area contributed by atoms with Gasteiger partial charge in [0.25, 0.3) is 0 Å². The van der Waals surface area contributed by atoms with Crippen molar-refractivity contribution >= 4 is 5.97 Å². The Morgan fingerprint density at radius 2 is 1.86 bits per heavy atom. The summed E-state index contributed by atoms with van der Waals surface area (Å²) in [5.41, 5.74) is 8.36. The third-order valence-corrected chi connectivity index (χ3v) is 11.5. The maximum Gasteiger partial charge on any atom is 0.323 e. The third kappa shape index (κ3) is 5.27. The first-order valence-electron chi connectivity index (χ1n) is 15.3. The molecule has 0 radical (unpaired) electrons. The Labute approximate surface area is 216 Å². The molecule has 4 aliphatic carbocycles. The van der Waals surface area contributed by atoms with Crippen LogP contribution in [0, 0.1) is 46.3 Å². The fraction of sp³-hybridized carbons (Fsp3) is 0.906. The van der Waals surface area contributed by atoms with Crippen LogP contribution in [0.1, 0.15) is 125 Å². The van der Waals surface area contributed by atoms with Crippen LogP contribution < -0.4 is 5.73 Å². The third-order valence-electron chi connectivity index (χ3n) is 11.5. The number of esters is 1. The van der Waals surface area contributed by atoms with Crippen molar-refractivity contribution in [2.75, 3.05) is 0 Å². The number of carbonyl (C=O) groups is 1. The monoisotopic (exact) mass is 485 g/mol. The number of nitrogens with two attached hydrogens (primary N) is 1. The van der Waals surface area contributed by atoms with Crippen molar-refractivity contribution in [2.24, 2.45) is 52.1 Å². The van der Waals surface area contributed by atoms with E-state index in [2.05, 4.69) is 40.7 Å². The molecule has 3 saturated carbocycles. The largest absolute Gasteiger partial charge is 0.461 e. The molecule has 0 aliphatic heterocycles. The number of rotatable bonds is 8. The second kappa shape index (κ2) is 10.9. The van der Waals surface area contributed by atoms with Gasteiger partial charge >= 0.3 is 5.97 Å². The molecule has 0 aromatic heterocycles. The maximum atomic E-state index is 12.3. The zero-order chi connectivity index (χ0) is 25.4. The highest BCUT2D eigenvalue weighted by Crippen LogP contribution is 2.66. The molecule has 0 bridgehead atoms. The molecule has 0 saturated heterocycles. The average molecular weight is 486 g/mol. The highest BCUT2D eigenvalue weighted by molar-refractivity contribution is 5.75. The summed E-state index contributed by atoms with van der Waals surface area (Å²) in [5, 5.41) is 0. The predicted molar refractivity (Wildman–Crippen MR) is 146 cm³/mol. The van der Waals surface area contributed by atoms with Crippen LogP contribution >= 0.6 is 0 Å². The van der Waals surface area contributed by atoms with Crippen molar-refractivity contribution in [2.45, 2.75) is 137 Å². The van der Waals surface area contributed by atoms with Crippen molar-refractivity contribution in [3.05, 3.63) is 11.6 Å². The summed E-state index contributed by atoms with van der Waals surface area (Å²) >= 11 is 0. The van der Waals surface area contributed by atoms with Gasteiger partial charge in [-0.25, -0.2) is 0 Å². The van der Waals surface area contributed by atoms with Gasteiger partial charge in [-0.1, -0.05) is 78.9 Å². The van der Waals surface area contributed by atoms with Crippen LogP contribution in [0.15, 0.2) is 11.6 Å². The van der Waals surface area contributed by atoms with Crippen LogP contribution in [0.4, 0.5) is 0 Å². The quantitative estimate of drug-likeness (QED) is 0.279. The Hall–Kier alpha value is -0.830. The molecule has 200 valence electrons. The molecule has 0 aromatic carbocycles. The van der Waals surface area contributed by atoms with E-state index in [1.807, 2.05) is 6.92 Å². The van der Waals surface area contributed by atoms with Crippen molar-refractivity contribution in [3.63, 3.8) is 0 Å². The molecule has 0 heterocycles. The van der Waals surface area contributed by atoms with Crippen LogP contribution in [0.2, 0.25) is 0 Å². The molecule has 4 rings (SSSR count). The van der Waals surface area contributed by atoms with Gasteiger partial charge in [0.1, 0.15) is 12.1 Å². The highest BCUT2D eigenvalue weighted by Gasteiger charge is 2.57. The summed E-state index contributed by atoms with van der Waals surface area (Å²) in [6.45, 7) is 14.5. The topological polar surface area (TPSA) is 52.3 Å². The first kappa shape index (κ1) is 27.2. The minimum atomic E-state index is -0.476. The van der Waals surface area contributed by atoms with E-state index >= 15 is 0 Å². The van der Waals surface area contributed by atoms with Crippen molar-refractivity contribution in [3.8, 4) is 0 Å². The Balaban J connectivity index is 1.46. The molecule has 35 heavy (non-hydrogen) atoms. The molecule has 4 aliphatic rings. The number of hydrogen-bond acceptors (Lipinski definition) is 3. The van der Waals surface area contributed by atoms with Crippen LogP contribution in [0.3, 0.4) is 0 Å².